The fourth-order valence-electron chi connectivity index (χ4n) is 3.87. The lowest BCUT2D eigenvalue weighted by atomic mass is 9.86. The average molecular weight is 411 g/mol. The lowest BCUT2D eigenvalue weighted by Crippen LogP contribution is -2.36. The number of fused-ring (bicyclic) bond motifs is 1. The molecule has 1 amide bonds. The Balaban J connectivity index is 2.01. The van der Waals surface area contributed by atoms with Crippen LogP contribution >= 0.6 is 15.9 Å². The summed E-state index contributed by atoms with van der Waals surface area (Å²) in [6.45, 7) is 1.56. The molecule has 132 valence electrons. The molecule has 1 N–H and O–H groups in total. The van der Waals surface area contributed by atoms with Gasteiger partial charge in [0.25, 0.3) is 0 Å². The predicted octanol–water partition coefficient (Wildman–Crippen LogP) is 4.98. The number of carbonyl (C=O) groups excluding carboxylic acids is 2. The fraction of sp³-hybridized carbons (Fsp3) is 0.238. The van der Waals surface area contributed by atoms with Gasteiger partial charge in [-0.1, -0.05) is 40.2 Å². The molecule has 0 bridgehead atoms. The number of ketones is 1. The highest BCUT2D eigenvalue weighted by Crippen LogP contribution is 2.44. The number of halogens is 1. The van der Waals surface area contributed by atoms with Crippen LogP contribution in [0, 0.1) is 0 Å². The van der Waals surface area contributed by atoms with Crippen molar-refractivity contribution in [3.8, 4) is 0 Å². The lowest BCUT2D eigenvalue weighted by molar-refractivity contribution is -0.117. The summed E-state index contributed by atoms with van der Waals surface area (Å²) in [5, 5.41) is 3.44. The van der Waals surface area contributed by atoms with Crippen LogP contribution in [0.5, 0.6) is 0 Å². The molecule has 1 atom stereocenters. The van der Waals surface area contributed by atoms with Crippen molar-refractivity contribution in [2.24, 2.45) is 0 Å². The molecule has 0 spiro atoms. The third kappa shape index (κ3) is 2.86. The van der Waals surface area contributed by atoms with E-state index in [-0.39, 0.29) is 11.7 Å². The van der Waals surface area contributed by atoms with Crippen molar-refractivity contribution >= 4 is 39.0 Å². The third-order valence-electron chi connectivity index (χ3n) is 4.94. The molecule has 1 aliphatic heterocycles. The second-order valence-electron chi connectivity index (χ2n) is 6.66. The van der Waals surface area contributed by atoms with Crippen molar-refractivity contribution in [3.05, 3.63) is 69.8 Å². The number of Topliss-reactive ketones (excluding diaryl/α,β-unsaturated/α-hetero) is 1. The van der Waals surface area contributed by atoms with E-state index in [9.17, 15) is 9.59 Å². The molecule has 4 rings (SSSR count). The van der Waals surface area contributed by atoms with Gasteiger partial charge in [-0.3, -0.25) is 14.5 Å². The standard InChI is InChI=1S/C21H19BrN2O2/c1-13(25)24-18-10-3-2-8-16(18)23-17-9-5-11-19(26)20(17)21(24)14-6-4-7-15(22)12-14/h2-4,6-8,10,12,21,23H,5,9,11H2,1H3/t21-/m0/s1. The van der Waals surface area contributed by atoms with E-state index in [1.165, 1.54) is 0 Å². The van der Waals surface area contributed by atoms with Gasteiger partial charge >= 0.3 is 0 Å². The quantitative estimate of drug-likeness (QED) is 0.721. The normalized spacial score (nSPS) is 19.4. The molecule has 0 radical (unpaired) electrons. The molecule has 0 saturated heterocycles. The van der Waals surface area contributed by atoms with Crippen LogP contribution in [0.25, 0.3) is 0 Å². The summed E-state index contributed by atoms with van der Waals surface area (Å²) in [6, 6.07) is 15.2. The predicted molar refractivity (Wildman–Crippen MR) is 106 cm³/mol. The number of nitrogens with zero attached hydrogens (tertiary/aromatic N) is 1. The Morgan fingerprint density at radius 2 is 1.96 bits per heavy atom. The highest BCUT2D eigenvalue weighted by Gasteiger charge is 2.38. The van der Waals surface area contributed by atoms with Crippen LogP contribution in [0.15, 0.2) is 64.3 Å². The minimum absolute atomic E-state index is 0.0867. The Hall–Kier alpha value is -2.40. The Morgan fingerprint density at radius 1 is 1.15 bits per heavy atom. The molecule has 4 nitrogen and oxygen atoms in total. The molecule has 0 unspecified atom stereocenters. The number of hydrogen-bond acceptors (Lipinski definition) is 3. The zero-order valence-corrected chi connectivity index (χ0v) is 16.0. The minimum Gasteiger partial charge on any atom is -0.357 e. The van der Waals surface area contributed by atoms with Gasteiger partial charge in [0.2, 0.25) is 5.91 Å². The largest absolute Gasteiger partial charge is 0.357 e. The van der Waals surface area contributed by atoms with E-state index in [1.54, 1.807) is 11.8 Å². The average Bonchev–Trinajstić information content (AvgIpc) is 2.76. The smallest absolute Gasteiger partial charge is 0.224 e. The Kier molecular flexibility index (Phi) is 4.41. The maximum Gasteiger partial charge on any atom is 0.224 e. The number of carbonyl (C=O) groups is 2. The zero-order valence-electron chi connectivity index (χ0n) is 14.5. The van der Waals surface area contributed by atoms with Gasteiger partial charge in [-0.2, -0.15) is 0 Å². The van der Waals surface area contributed by atoms with E-state index in [1.807, 2.05) is 48.5 Å². The highest BCUT2D eigenvalue weighted by molar-refractivity contribution is 9.10. The first-order chi connectivity index (χ1) is 12.6. The number of nitrogens with one attached hydrogen (secondary N) is 1. The molecular weight excluding hydrogens is 392 g/mol. The van der Waals surface area contributed by atoms with Crippen LogP contribution in [0.1, 0.15) is 37.8 Å². The van der Waals surface area contributed by atoms with Crippen molar-refractivity contribution < 1.29 is 9.59 Å². The van der Waals surface area contributed by atoms with Crippen molar-refractivity contribution in [2.45, 2.75) is 32.2 Å². The van der Waals surface area contributed by atoms with E-state index >= 15 is 0 Å². The first-order valence-electron chi connectivity index (χ1n) is 8.74. The minimum atomic E-state index is -0.427. The van der Waals surface area contributed by atoms with Crippen LogP contribution in [0.3, 0.4) is 0 Å². The maximum absolute atomic E-state index is 12.9. The summed E-state index contributed by atoms with van der Waals surface area (Å²) in [6.07, 6.45) is 2.16. The van der Waals surface area contributed by atoms with E-state index in [2.05, 4.69) is 21.2 Å². The summed E-state index contributed by atoms with van der Waals surface area (Å²) in [4.78, 5) is 27.4. The molecule has 0 saturated carbocycles. The molecule has 0 fully saturated rings. The zero-order chi connectivity index (χ0) is 18.3. The first-order valence-corrected chi connectivity index (χ1v) is 9.53. The number of anilines is 2. The van der Waals surface area contributed by atoms with Gasteiger partial charge in [0.15, 0.2) is 5.78 Å². The van der Waals surface area contributed by atoms with E-state index in [4.69, 9.17) is 0 Å². The lowest BCUT2D eigenvalue weighted by Gasteiger charge is -2.33. The fourth-order valence-corrected chi connectivity index (χ4v) is 4.29. The number of rotatable bonds is 1. The SMILES string of the molecule is CC(=O)N1c2ccccc2NC2=C(C(=O)CCC2)[C@@H]1c1cccc(Br)c1. The van der Waals surface area contributed by atoms with E-state index in [0.717, 1.165) is 39.9 Å². The molecule has 26 heavy (non-hydrogen) atoms. The topological polar surface area (TPSA) is 49.4 Å². The summed E-state index contributed by atoms with van der Waals surface area (Å²) < 4.78 is 0.925. The first kappa shape index (κ1) is 17.0. The number of para-hydroxylation sites is 2. The Labute approximate surface area is 161 Å². The van der Waals surface area contributed by atoms with Gasteiger partial charge in [0, 0.05) is 29.1 Å². The summed E-state index contributed by atoms with van der Waals surface area (Å²) >= 11 is 3.52. The van der Waals surface area contributed by atoms with E-state index < -0.39 is 6.04 Å². The van der Waals surface area contributed by atoms with Crippen LogP contribution in [-0.4, -0.2) is 11.7 Å². The van der Waals surface area contributed by atoms with Crippen molar-refractivity contribution in [1.29, 1.82) is 0 Å². The second kappa shape index (κ2) is 6.72. The summed E-state index contributed by atoms with van der Waals surface area (Å²) in [7, 11) is 0. The number of hydrogen-bond donors (Lipinski definition) is 1. The molecule has 1 heterocycles. The van der Waals surface area contributed by atoms with Gasteiger partial charge in [0.1, 0.15) is 0 Å². The van der Waals surface area contributed by atoms with Gasteiger partial charge in [-0.25, -0.2) is 0 Å². The summed E-state index contributed by atoms with van der Waals surface area (Å²) in [5.74, 6) is 0.0270. The second-order valence-corrected chi connectivity index (χ2v) is 7.57. The van der Waals surface area contributed by atoms with Crippen molar-refractivity contribution in [1.82, 2.24) is 0 Å². The molecule has 0 aromatic heterocycles. The molecule has 1 aliphatic carbocycles. The third-order valence-corrected chi connectivity index (χ3v) is 5.43. The van der Waals surface area contributed by atoms with Gasteiger partial charge in [0.05, 0.1) is 17.4 Å². The van der Waals surface area contributed by atoms with Crippen LogP contribution in [0.2, 0.25) is 0 Å². The maximum atomic E-state index is 12.9. The van der Waals surface area contributed by atoms with Gasteiger partial charge < -0.3 is 5.32 Å². The van der Waals surface area contributed by atoms with Crippen molar-refractivity contribution in [3.63, 3.8) is 0 Å². The monoisotopic (exact) mass is 410 g/mol. The Bertz CT molecular complexity index is 935. The Morgan fingerprint density at radius 3 is 2.73 bits per heavy atom. The van der Waals surface area contributed by atoms with E-state index in [0.29, 0.717) is 12.0 Å². The molecule has 5 heteroatoms. The van der Waals surface area contributed by atoms with Crippen LogP contribution in [-0.2, 0) is 9.59 Å². The van der Waals surface area contributed by atoms with Crippen molar-refractivity contribution in [2.75, 3.05) is 10.2 Å². The van der Waals surface area contributed by atoms with Crippen LogP contribution < -0.4 is 10.2 Å². The molecule has 2 aromatic carbocycles. The molecule has 2 aliphatic rings. The number of allylic oxidation sites excluding steroid dienone is 1. The number of amides is 1. The summed E-state index contributed by atoms with van der Waals surface area (Å²) in [5.41, 5.74) is 4.23. The molecular formula is C21H19BrN2O2. The highest BCUT2D eigenvalue weighted by atomic mass is 79.9. The van der Waals surface area contributed by atoms with Crippen LogP contribution in [0.4, 0.5) is 11.4 Å². The van der Waals surface area contributed by atoms with Gasteiger partial charge in [-0.15, -0.1) is 0 Å². The van der Waals surface area contributed by atoms with Gasteiger partial charge in [-0.05, 0) is 42.7 Å². The number of benzene rings is 2. The molecule has 2 aromatic rings.